The van der Waals surface area contributed by atoms with E-state index in [4.69, 9.17) is 0 Å². The van der Waals surface area contributed by atoms with Crippen molar-refractivity contribution in [2.45, 2.75) is 28.9 Å². The second kappa shape index (κ2) is 11.0. The van der Waals surface area contributed by atoms with Gasteiger partial charge in [-0.3, -0.25) is 28.7 Å². The summed E-state index contributed by atoms with van der Waals surface area (Å²) in [5, 5.41) is 3.91. The monoisotopic (exact) mass is 646 g/mol. The van der Waals surface area contributed by atoms with E-state index in [1.165, 1.54) is 29.1 Å². The van der Waals surface area contributed by atoms with Crippen LogP contribution < -0.4 is 15.1 Å². The quantitative estimate of drug-likeness (QED) is 0.238. The van der Waals surface area contributed by atoms with Crippen molar-refractivity contribution >= 4 is 63.0 Å². The van der Waals surface area contributed by atoms with Crippen LogP contribution in [0.1, 0.15) is 21.9 Å². The number of rotatable bonds is 5. The van der Waals surface area contributed by atoms with Crippen LogP contribution in [0.3, 0.4) is 0 Å². The van der Waals surface area contributed by atoms with Crippen molar-refractivity contribution in [2.24, 2.45) is 5.92 Å². The van der Waals surface area contributed by atoms with E-state index in [2.05, 4.69) is 10.3 Å². The number of para-hydroxylation sites is 1. The van der Waals surface area contributed by atoms with Crippen LogP contribution in [0.25, 0.3) is 10.8 Å². The van der Waals surface area contributed by atoms with Crippen LogP contribution in [0.15, 0.2) is 101 Å². The fraction of sp³-hybridized carbons (Fsp3) is 0.156. The molecule has 2 aliphatic rings. The molecule has 3 unspecified atom stereocenters. The zero-order chi connectivity index (χ0) is 31.5. The third-order valence-corrected chi connectivity index (χ3v) is 10.5. The molecule has 3 amide bonds. The minimum absolute atomic E-state index is 0.320. The summed E-state index contributed by atoms with van der Waals surface area (Å²) in [4.78, 5) is 59.1. The number of imide groups is 1. The Morgan fingerprint density at radius 2 is 1.67 bits per heavy atom. The maximum absolute atomic E-state index is 13.9. The summed E-state index contributed by atoms with van der Waals surface area (Å²) in [5.74, 6) is -4.05. The number of hydrogen-bond acceptors (Lipinski definition) is 7. The lowest BCUT2D eigenvalue weighted by Gasteiger charge is -2.30. The lowest BCUT2D eigenvalue weighted by Crippen LogP contribution is -2.33. The van der Waals surface area contributed by atoms with E-state index in [0.29, 0.717) is 26.1 Å². The maximum atomic E-state index is 13.9. The van der Waals surface area contributed by atoms with Gasteiger partial charge in [-0.15, -0.1) is 0 Å². The van der Waals surface area contributed by atoms with Crippen LogP contribution >= 0.6 is 23.1 Å². The molecular formula is C32H21F3N4O4S2. The number of pyridine rings is 1. The average molecular weight is 647 g/mol. The summed E-state index contributed by atoms with van der Waals surface area (Å²) in [6.45, 7) is -0.371. The number of benzene rings is 3. The van der Waals surface area contributed by atoms with Crippen molar-refractivity contribution in [2.75, 3.05) is 10.2 Å². The van der Waals surface area contributed by atoms with E-state index < -0.39 is 57.1 Å². The van der Waals surface area contributed by atoms with E-state index in [1.54, 1.807) is 18.2 Å². The number of aromatic nitrogens is 2. The molecule has 1 fully saturated rings. The normalized spacial score (nSPS) is 19.4. The van der Waals surface area contributed by atoms with E-state index in [9.17, 15) is 32.3 Å². The highest BCUT2D eigenvalue weighted by atomic mass is 32.2. The lowest BCUT2D eigenvalue weighted by atomic mass is 9.84. The number of fused-ring (bicyclic) bond motifs is 3. The maximum Gasteiger partial charge on any atom is 0.418 e. The van der Waals surface area contributed by atoms with Gasteiger partial charge in [0, 0.05) is 28.9 Å². The fourth-order valence-electron chi connectivity index (χ4n) is 5.93. The molecule has 13 heteroatoms. The van der Waals surface area contributed by atoms with Gasteiger partial charge in [0.1, 0.15) is 11.8 Å². The fourth-order valence-corrected chi connectivity index (χ4v) is 8.70. The molecule has 0 aliphatic carbocycles. The molecule has 8 nitrogen and oxygen atoms in total. The number of nitrogens with zero attached hydrogens (tertiary/aromatic N) is 3. The van der Waals surface area contributed by atoms with Crippen molar-refractivity contribution in [1.29, 1.82) is 0 Å². The molecule has 0 radical (unpaired) electrons. The standard InChI is InChI=1S/C32H21F3N4O4S2/c33-32(34,35)21-9-3-4-10-22(21)39-28(41)25-24(19-8-5-13-36-15-19)27-30(44-26(25)29(39)42)38(31(43)45-27)16-23(40)37-20-12-11-17-6-1-2-7-18(17)14-20/h1-15,24-26H,16H2,(H,37,40). The highest BCUT2D eigenvalue weighted by Gasteiger charge is 2.57. The van der Waals surface area contributed by atoms with Crippen LogP contribution in [0.4, 0.5) is 24.5 Å². The molecule has 226 valence electrons. The zero-order valence-corrected chi connectivity index (χ0v) is 24.7. The first-order valence-corrected chi connectivity index (χ1v) is 15.4. The Balaban J connectivity index is 1.27. The first kappa shape index (κ1) is 29.0. The molecule has 0 saturated carbocycles. The number of nitrogens with one attached hydrogen (secondary N) is 1. The molecular weight excluding hydrogens is 626 g/mol. The second-order valence-corrected chi connectivity index (χ2v) is 12.7. The van der Waals surface area contributed by atoms with Crippen LogP contribution in [-0.2, 0) is 27.1 Å². The predicted octanol–water partition coefficient (Wildman–Crippen LogP) is 5.91. The molecule has 1 N–H and O–H groups in total. The molecule has 45 heavy (non-hydrogen) atoms. The second-order valence-electron chi connectivity index (χ2n) is 10.6. The Bertz CT molecular complexity index is 2060. The largest absolute Gasteiger partial charge is 0.418 e. The van der Waals surface area contributed by atoms with Gasteiger partial charge in [0.05, 0.1) is 22.2 Å². The van der Waals surface area contributed by atoms with Crippen LogP contribution in [-0.4, -0.2) is 32.5 Å². The third-order valence-electron chi connectivity index (χ3n) is 7.88. The molecule has 5 aromatic rings. The van der Waals surface area contributed by atoms with Crippen molar-refractivity contribution < 1.29 is 27.6 Å². The molecule has 3 aromatic carbocycles. The Kier molecular flexibility index (Phi) is 7.09. The summed E-state index contributed by atoms with van der Waals surface area (Å²) >= 11 is 1.77. The average Bonchev–Trinajstić information content (AvgIpc) is 3.47. The SMILES string of the molecule is O=C(Cn1c2c(sc1=O)C(c1cccnc1)C1C(=O)N(c3ccccc3C(F)(F)F)C(=O)C1S2)Nc1ccc2ccccc2c1. The minimum atomic E-state index is -4.81. The summed E-state index contributed by atoms with van der Waals surface area (Å²) in [5.41, 5.74) is -0.594. The van der Waals surface area contributed by atoms with Gasteiger partial charge >= 0.3 is 11.0 Å². The molecule has 7 rings (SSSR count). The van der Waals surface area contributed by atoms with Crippen molar-refractivity contribution in [3.63, 3.8) is 0 Å². The summed E-state index contributed by atoms with van der Waals surface area (Å²) in [7, 11) is 0. The van der Waals surface area contributed by atoms with Crippen LogP contribution in [0.5, 0.6) is 0 Å². The number of alkyl halides is 3. The Hall–Kier alpha value is -4.75. The molecule has 4 heterocycles. The molecule has 1 saturated heterocycles. The summed E-state index contributed by atoms with van der Waals surface area (Å²) < 4.78 is 43.1. The van der Waals surface area contributed by atoms with Crippen molar-refractivity contribution in [3.05, 3.63) is 117 Å². The van der Waals surface area contributed by atoms with Gasteiger partial charge in [0.2, 0.25) is 17.7 Å². The van der Waals surface area contributed by atoms with E-state index >= 15 is 0 Å². The van der Waals surface area contributed by atoms with Crippen molar-refractivity contribution in [3.8, 4) is 0 Å². The Morgan fingerprint density at radius 1 is 0.911 bits per heavy atom. The van der Waals surface area contributed by atoms with Gasteiger partial charge in [-0.2, -0.15) is 13.2 Å². The minimum Gasteiger partial charge on any atom is -0.325 e. The molecule has 3 atom stereocenters. The third kappa shape index (κ3) is 5.01. The highest BCUT2D eigenvalue weighted by molar-refractivity contribution is 8.00. The van der Waals surface area contributed by atoms with E-state index in [1.807, 2.05) is 36.4 Å². The van der Waals surface area contributed by atoms with Gasteiger partial charge in [-0.25, -0.2) is 4.90 Å². The number of thiazole rings is 1. The summed E-state index contributed by atoms with van der Waals surface area (Å²) in [6, 6.07) is 20.9. The Morgan fingerprint density at radius 3 is 2.42 bits per heavy atom. The Labute approximate surface area is 261 Å². The van der Waals surface area contributed by atoms with Gasteiger partial charge in [-0.1, -0.05) is 71.6 Å². The molecule has 0 spiro atoms. The first-order valence-electron chi connectivity index (χ1n) is 13.7. The number of thioether (sulfide) groups is 1. The smallest absolute Gasteiger partial charge is 0.325 e. The summed E-state index contributed by atoms with van der Waals surface area (Å²) in [6.07, 6.45) is -1.78. The number of carbonyl (C=O) groups excluding carboxylic acids is 3. The van der Waals surface area contributed by atoms with E-state index in [0.717, 1.165) is 46.0 Å². The molecule has 2 aliphatic heterocycles. The van der Waals surface area contributed by atoms with E-state index in [-0.39, 0.29) is 6.54 Å². The number of amides is 3. The zero-order valence-electron chi connectivity index (χ0n) is 23.0. The number of halogens is 3. The van der Waals surface area contributed by atoms with Crippen molar-refractivity contribution in [1.82, 2.24) is 9.55 Å². The van der Waals surface area contributed by atoms with Gasteiger partial charge < -0.3 is 5.32 Å². The van der Waals surface area contributed by atoms with Crippen LogP contribution in [0.2, 0.25) is 0 Å². The lowest BCUT2D eigenvalue weighted by molar-refractivity contribution is -0.137. The molecule has 2 aromatic heterocycles. The van der Waals surface area contributed by atoms with Gasteiger partial charge in [-0.05, 0) is 46.7 Å². The number of anilines is 2. The number of hydrogen-bond donors (Lipinski definition) is 1. The predicted molar refractivity (Wildman–Crippen MR) is 164 cm³/mol. The van der Waals surface area contributed by atoms with Gasteiger partial charge in [0.15, 0.2) is 0 Å². The van der Waals surface area contributed by atoms with Gasteiger partial charge in [0.25, 0.3) is 0 Å². The molecule has 0 bridgehead atoms. The first-order chi connectivity index (χ1) is 21.6. The van der Waals surface area contributed by atoms with Crippen LogP contribution in [0, 0.1) is 5.92 Å². The highest BCUT2D eigenvalue weighted by Crippen LogP contribution is 2.54. The number of carbonyl (C=O) groups is 3. The topological polar surface area (TPSA) is 101 Å².